The van der Waals surface area contributed by atoms with Crippen molar-refractivity contribution in [3.05, 3.63) is 30.1 Å². The fourth-order valence-electron chi connectivity index (χ4n) is 3.37. The van der Waals surface area contributed by atoms with Gasteiger partial charge in [0.2, 0.25) is 0 Å². The smallest absolute Gasteiger partial charge is 0.282 e. The van der Waals surface area contributed by atoms with Crippen LogP contribution in [-0.2, 0) is 10.2 Å². The van der Waals surface area contributed by atoms with Gasteiger partial charge in [0.1, 0.15) is 0 Å². The molecule has 2 aliphatic rings. The van der Waals surface area contributed by atoms with E-state index >= 15 is 0 Å². The van der Waals surface area contributed by atoms with E-state index in [4.69, 9.17) is 0 Å². The van der Waals surface area contributed by atoms with Crippen LogP contribution in [-0.4, -0.2) is 54.2 Å². The third-order valence-electron chi connectivity index (χ3n) is 4.60. The molecule has 1 aromatic rings. The van der Waals surface area contributed by atoms with Crippen LogP contribution >= 0.6 is 0 Å². The van der Waals surface area contributed by atoms with Crippen molar-refractivity contribution >= 4 is 10.2 Å². The van der Waals surface area contributed by atoms with Crippen molar-refractivity contribution in [1.29, 1.82) is 0 Å². The van der Waals surface area contributed by atoms with Crippen LogP contribution in [0.5, 0.6) is 0 Å². The fourth-order valence-corrected chi connectivity index (χ4v) is 5.40. The number of piperazine rings is 1. The molecule has 22 heavy (non-hydrogen) atoms. The van der Waals surface area contributed by atoms with Gasteiger partial charge in [0, 0.05) is 44.6 Å². The summed E-state index contributed by atoms with van der Waals surface area (Å²) >= 11 is 0. The fraction of sp³-hybridized carbons (Fsp3) is 0.667. The number of hydrogen-bond acceptors (Lipinski definition) is 4. The first-order chi connectivity index (χ1) is 10.6. The first-order valence-corrected chi connectivity index (χ1v) is 9.39. The predicted octanol–water partition coefficient (Wildman–Crippen LogP) is 1.15. The second kappa shape index (κ2) is 6.62. The average molecular weight is 324 g/mol. The normalized spacial score (nSPS) is 28.6. The highest BCUT2D eigenvalue weighted by Gasteiger charge is 2.39. The number of pyridine rings is 1. The van der Waals surface area contributed by atoms with Crippen molar-refractivity contribution in [2.45, 2.75) is 38.3 Å². The lowest BCUT2D eigenvalue weighted by atomic mass is 10.1. The van der Waals surface area contributed by atoms with E-state index in [-0.39, 0.29) is 12.1 Å². The Hall–Kier alpha value is -1.02. The molecule has 0 bridgehead atoms. The minimum Gasteiger partial charge on any atom is -0.313 e. The highest BCUT2D eigenvalue weighted by Crippen LogP contribution is 2.29. The molecule has 2 atom stereocenters. The number of nitrogens with one attached hydrogen (secondary N) is 1. The molecule has 0 aliphatic carbocycles. The second-order valence-corrected chi connectivity index (χ2v) is 7.91. The van der Waals surface area contributed by atoms with Crippen LogP contribution in [0.4, 0.5) is 0 Å². The molecule has 1 aromatic heterocycles. The largest absolute Gasteiger partial charge is 0.313 e. The maximum absolute atomic E-state index is 13.1. The summed E-state index contributed by atoms with van der Waals surface area (Å²) in [6.07, 6.45) is 6.49. The second-order valence-electron chi connectivity index (χ2n) is 6.08. The zero-order valence-corrected chi connectivity index (χ0v) is 13.8. The van der Waals surface area contributed by atoms with E-state index in [9.17, 15) is 8.42 Å². The van der Waals surface area contributed by atoms with Crippen LogP contribution in [0.15, 0.2) is 24.5 Å². The van der Waals surface area contributed by atoms with Crippen LogP contribution in [0.2, 0.25) is 0 Å². The standard InChI is InChI=1S/C15H24N4O2S/c1-13-5-2-3-9-18(13)22(20,21)19-10-8-17-12-15(19)14-6-4-7-16-11-14/h4,6-7,11,13,15,17H,2-3,5,8-10,12H2,1H3. The molecule has 0 aromatic carbocycles. The van der Waals surface area contributed by atoms with Crippen molar-refractivity contribution in [2.75, 3.05) is 26.2 Å². The van der Waals surface area contributed by atoms with Crippen LogP contribution in [0.3, 0.4) is 0 Å². The molecule has 2 unspecified atom stereocenters. The molecule has 0 amide bonds. The number of aromatic nitrogens is 1. The van der Waals surface area contributed by atoms with Crippen molar-refractivity contribution < 1.29 is 8.42 Å². The monoisotopic (exact) mass is 324 g/mol. The molecule has 2 fully saturated rings. The van der Waals surface area contributed by atoms with E-state index in [0.717, 1.165) is 24.8 Å². The van der Waals surface area contributed by atoms with Crippen LogP contribution in [0.1, 0.15) is 37.8 Å². The zero-order chi connectivity index (χ0) is 15.6. The molecule has 2 saturated heterocycles. The van der Waals surface area contributed by atoms with Crippen LogP contribution in [0.25, 0.3) is 0 Å². The summed E-state index contributed by atoms with van der Waals surface area (Å²) in [5.41, 5.74) is 0.947. The number of rotatable bonds is 3. The summed E-state index contributed by atoms with van der Waals surface area (Å²) in [7, 11) is -3.43. The molecule has 7 heteroatoms. The maximum atomic E-state index is 13.1. The van der Waals surface area contributed by atoms with Crippen LogP contribution < -0.4 is 5.32 Å². The molecule has 122 valence electrons. The molecule has 3 heterocycles. The molecule has 3 rings (SSSR count). The van der Waals surface area contributed by atoms with Gasteiger partial charge in [-0.25, -0.2) is 0 Å². The SMILES string of the molecule is CC1CCCCN1S(=O)(=O)N1CCNCC1c1cccnc1. The Morgan fingerprint density at radius 1 is 1.27 bits per heavy atom. The molecule has 0 radical (unpaired) electrons. The van der Waals surface area contributed by atoms with Crippen LogP contribution in [0, 0.1) is 0 Å². The Morgan fingerprint density at radius 2 is 2.14 bits per heavy atom. The lowest BCUT2D eigenvalue weighted by molar-refractivity contribution is 0.210. The third kappa shape index (κ3) is 3.03. The quantitative estimate of drug-likeness (QED) is 0.906. The Balaban J connectivity index is 1.89. The van der Waals surface area contributed by atoms with E-state index in [1.54, 1.807) is 21.0 Å². The van der Waals surface area contributed by atoms with E-state index in [1.165, 1.54) is 0 Å². The summed E-state index contributed by atoms with van der Waals surface area (Å²) in [4.78, 5) is 4.14. The lowest BCUT2D eigenvalue weighted by Crippen LogP contribution is -2.55. The number of nitrogens with zero attached hydrogens (tertiary/aromatic N) is 3. The highest BCUT2D eigenvalue weighted by molar-refractivity contribution is 7.86. The minimum absolute atomic E-state index is 0.0863. The summed E-state index contributed by atoms with van der Waals surface area (Å²) in [6.45, 7) is 4.47. The Labute approximate surface area is 132 Å². The first-order valence-electron chi connectivity index (χ1n) is 8.00. The molecule has 6 nitrogen and oxygen atoms in total. The number of hydrogen-bond donors (Lipinski definition) is 1. The molecule has 1 N–H and O–H groups in total. The highest BCUT2D eigenvalue weighted by atomic mass is 32.2. The van der Waals surface area contributed by atoms with E-state index in [2.05, 4.69) is 10.3 Å². The Morgan fingerprint density at radius 3 is 2.86 bits per heavy atom. The first kappa shape index (κ1) is 15.9. The molecular formula is C15H24N4O2S. The summed E-state index contributed by atoms with van der Waals surface area (Å²) in [5.74, 6) is 0. The molecule has 0 spiro atoms. The van der Waals surface area contributed by atoms with Crippen molar-refractivity contribution in [1.82, 2.24) is 18.9 Å². The van der Waals surface area contributed by atoms with E-state index in [1.807, 2.05) is 19.1 Å². The van der Waals surface area contributed by atoms with Gasteiger partial charge in [-0.05, 0) is 31.4 Å². The Bertz CT molecular complexity index is 593. The summed E-state index contributed by atoms with van der Waals surface area (Å²) in [6, 6.07) is 3.72. The van der Waals surface area contributed by atoms with E-state index in [0.29, 0.717) is 26.2 Å². The van der Waals surface area contributed by atoms with Gasteiger partial charge in [-0.2, -0.15) is 17.0 Å². The van der Waals surface area contributed by atoms with Crippen molar-refractivity contribution in [2.24, 2.45) is 0 Å². The molecule has 0 saturated carbocycles. The molecular weight excluding hydrogens is 300 g/mol. The average Bonchev–Trinajstić information content (AvgIpc) is 2.56. The van der Waals surface area contributed by atoms with Gasteiger partial charge in [0.05, 0.1) is 6.04 Å². The minimum atomic E-state index is -3.43. The topological polar surface area (TPSA) is 65.5 Å². The van der Waals surface area contributed by atoms with E-state index < -0.39 is 10.2 Å². The van der Waals surface area contributed by atoms with Crippen molar-refractivity contribution in [3.63, 3.8) is 0 Å². The zero-order valence-electron chi connectivity index (χ0n) is 13.0. The van der Waals surface area contributed by atoms with Gasteiger partial charge >= 0.3 is 0 Å². The molecule has 2 aliphatic heterocycles. The Kier molecular flexibility index (Phi) is 4.77. The number of piperidine rings is 1. The van der Waals surface area contributed by atoms with Gasteiger partial charge in [-0.1, -0.05) is 12.5 Å². The summed E-state index contributed by atoms with van der Waals surface area (Å²) < 4.78 is 29.6. The van der Waals surface area contributed by atoms with Gasteiger partial charge in [0.25, 0.3) is 10.2 Å². The van der Waals surface area contributed by atoms with Gasteiger partial charge in [-0.3, -0.25) is 4.98 Å². The van der Waals surface area contributed by atoms with Crippen molar-refractivity contribution in [3.8, 4) is 0 Å². The van der Waals surface area contributed by atoms with Gasteiger partial charge in [0.15, 0.2) is 0 Å². The maximum Gasteiger partial charge on any atom is 0.282 e. The lowest BCUT2D eigenvalue weighted by Gasteiger charge is -2.41. The van der Waals surface area contributed by atoms with Gasteiger partial charge < -0.3 is 5.32 Å². The third-order valence-corrected chi connectivity index (χ3v) is 6.76. The van der Waals surface area contributed by atoms with Gasteiger partial charge in [-0.15, -0.1) is 0 Å². The predicted molar refractivity (Wildman–Crippen MR) is 85.5 cm³/mol. The summed E-state index contributed by atoms with van der Waals surface area (Å²) in [5, 5.41) is 3.30.